The average Bonchev–Trinajstić information content (AvgIpc) is 2.73. The highest BCUT2D eigenvalue weighted by molar-refractivity contribution is 9.11. The van der Waals surface area contributed by atoms with Crippen molar-refractivity contribution >= 4 is 44.4 Å². The van der Waals surface area contributed by atoms with Crippen molar-refractivity contribution in [2.75, 3.05) is 0 Å². The lowest BCUT2D eigenvalue weighted by Gasteiger charge is -1.94. The van der Waals surface area contributed by atoms with Crippen LogP contribution in [0.3, 0.4) is 0 Å². The fourth-order valence-electron chi connectivity index (χ4n) is 1.17. The summed E-state index contributed by atoms with van der Waals surface area (Å²) in [4.78, 5) is 12.8. The molecular formula is C10H7BrOS2. The number of carbonyl (C=O) groups excluding carboxylic acids is 1. The molecule has 0 atom stereocenters. The lowest BCUT2D eigenvalue weighted by Crippen LogP contribution is -1.97. The minimum absolute atomic E-state index is 0.124. The van der Waals surface area contributed by atoms with Gasteiger partial charge < -0.3 is 0 Å². The molecule has 2 aromatic rings. The second-order valence-electron chi connectivity index (χ2n) is 2.90. The van der Waals surface area contributed by atoms with Crippen molar-refractivity contribution in [1.82, 2.24) is 0 Å². The Morgan fingerprint density at radius 3 is 2.71 bits per heavy atom. The largest absolute Gasteiger partial charge is 0.288 e. The first-order chi connectivity index (χ1) is 6.68. The summed E-state index contributed by atoms with van der Waals surface area (Å²) in [7, 11) is 0. The van der Waals surface area contributed by atoms with Gasteiger partial charge in [-0.2, -0.15) is 0 Å². The molecule has 2 aromatic heterocycles. The van der Waals surface area contributed by atoms with E-state index < -0.39 is 0 Å². The Labute approximate surface area is 98.5 Å². The molecule has 4 heteroatoms. The molecule has 0 aromatic carbocycles. The van der Waals surface area contributed by atoms with Crippen LogP contribution in [0.4, 0.5) is 0 Å². The molecule has 0 bridgehead atoms. The van der Waals surface area contributed by atoms with Crippen molar-refractivity contribution in [3.63, 3.8) is 0 Å². The number of thiophene rings is 2. The van der Waals surface area contributed by atoms with Crippen LogP contribution in [0.2, 0.25) is 0 Å². The van der Waals surface area contributed by atoms with E-state index in [-0.39, 0.29) is 5.78 Å². The fraction of sp³-hybridized carbons (Fsp3) is 0.100. The van der Waals surface area contributed by atoms with Crippen molar-refractivity contribution < 1.29 is 4.79 Å². The summed E-state index contributed by atoms with van der Waals surface area (Å²) in [6.45, 7) is 1.96. The summed E-state index contributed by atoms with van der Waals surface area (Å²) in [5.41, 5.74) is 1.83. The molecule has 14 heavy (non-hydrogen) atoms. The van der Waals surface area contributed by atoms with Crippen LogP contribution in [0.1, 0.15) is 20.8 Å². The van der Waals surface area contributed by atoms with Crippen molar-refractivity contribution in [3.8, 4) is 0 Å². The van der Waals surface area contributed by atoms with Crippen LogP contribution in [-0.2, 0) is 0 Å². The summed E-state index contributed by atoms with van der Waals surface area (Å²) in [5, 5.41) is 3.83. The van der Waals surface area contributed by atoms with Crippen molar-refractivity contribution in [2.24, 2.45) is 0 Å². The number of rotatable bonds is 2. The third kappa shape index (κ3) is 1.82. The van der Waals surface area contributed by atoms with Gasteiger partial charge in [-0.05, 0) is 45.9 Å². The maximum absolute atomic E-state index is 11.9. The third-order valence-electron chi connectivity index (χ3n) is 1.90. The molecule has 0 aliphatic heterocycles. The summed E-state index contributed by atoms with van der Waals surface area (Å²) in [6.07, 6.45) is 0. The number of halogens is 1. The number of carbonyl (C=O) groups is 1. The first kappa shape index (κ1) is 10.1. The van der Waals surface area contributed by atoms with E-state index in [0.29, 0.717) is 0 Å². The van der Waals surface area contributed by atoms with Gasteiger partial charge >= 0.3 is 0 Å². The maximum Gasteiger partial charge on any atom is 0.204 e. The zero-order valence-corrected chi connectivity index (χ0v) is 10.6. The Morgan fingerprint density at radius 1 is 1.43 bits per heavy atom. The van der Waals surface area contributed by atoms with Crippen LogP contribution in [0.5, 0.6) is 0 Å². The van der Waals surface area contributed by atoms with E-state index in [1.54, 1.807) is 0 Å². The van der Waals surface area contributed by atoms with E-state index in [2.05, 4.69) is 15.9 Å². The van der Waals surface area contributed by atoms with E-state index in [9.17, 15) is 4.79 Å². The van der Waals surface area contributed by atoms with Crippen LogP contribution in [0.25, 0.3) is 0 Å². The molecular weight excluding hydrogens is 280 g/mol. The van der Waals surface area contributed by atoms with E-state index in [4.69, 9.17) is 0 Å². The lowest BCUT2D eigenvalue weighted by atomic mass is 10.1. The average molecular weight is 287 g/mol. The predicted octanol–water partition coefficient (Wildman–Crippen LogP) is 4.11. The molecule has 0 fully saturated rings. The Kier molecular flexibility index (Phi) is 2.85. The van der Waals surface area contributed by atoms with E-state index in [1.165, 1.54) is 22.7 Å². The number of hydrogen-bond donors (Lipinski definition) is 0. The maximum atomic E-state index is 11.9. The van der Waals surface area contributed by atoms with E-state index in [1.807, 2.05) is 29.8 Å². The highest BCUT2D eigenvalue weighted by atomic mass is 79.9. The van der Waals surface area contributed by atoms with Gasteiger partial charge in [0.25, 0.3) is 0 Å². The molecule has 72 valence electrons. The molecule has 0 N–H and O–H groups in total. The molecule has 0 aliphatic rings. The summed E-state index contributed by atoms with van der Waals surface area (Å²) in [5.74, 6) is 0.124. The van der Waals surface area contributed by atoms with Crippen LogP contribution in [-0.4, -0.2) is 5.78 Å². The van der Waals surface area contributed by atoms with Crippen LogP contribution in [0.15, 0.2) is 26.7 Å². The van der Waals surface area contributed by atoms with Gasteiger partial charge in [0.15, 0.2) is 0 Å². The normalized spacial score (nSPS) is 10.4. The Hall–Kier alpha value is -0.450. The van der Waals surface area contributed by atoms with Crippen molar-refractivity contribution in [3.05, 3.63) is 42.7 Å². The van der Waals surface area contributed by atoms with Gasteiger partial charge in [-0.25, -0.2) is 0 Å². The minimum Gasteiger partial charge on any atom is -0.288 e. The smallest absolute Gasteiger partial charge is 0.204 e. The molecule has 0 amide bonds. The molecule has 0 aliphatic carbocycles. The number of hydrogen-bond acceptors (Lipinski definition) is 3. The first-order valence-electron chi connectivity index (χ1n) is 4.01. The standard InChI is InChI=1S/C10H7BrOS2/c1-6-2-3-13-10(6)9(12)7-4-8(11)14-5-7/h2-5H,1H3. The molecule has 0 unspecified atom stereocenters. The molecule has 1 nitrogen and oxygen atoms in total. The van der Waals surface area contributed by atoms with Crippen LogP contribution >= 0.6 is 38.6 Å². The quantitative estimate of drug-likeness (QED) is 0.760. The molecule has 0 radical (unpaired) electrons. The van der Waals surface area contributed by atoms with Gasteiger partial charge in [0, 0.05) is 10.9 Å². The third-order valence-corrected chi connectivity index (χ3v) is 4.42. The second-order valence-corrected chi connectivity index (χ2v) is 6.11. The molecule has 0 saturated heterocycles. The van der Waals surface area contributed by atoms with Gasteiger partial charge in [0.1, 0.15) is 0 Å². The van der Waals surface area contributed by atoms with E-state index in [0.717, 1.165) is 19.8 Å². The fourth-order valence-corrected chi connectivity index (χ4v) is 3.19. The highest BCUT2D eigenvalue weighted by Gasteiger charge is 2.14. The second kappa shape index (κ2) is 3.96. The molecule has 2 rings (SSSR count). The summed E-state index contributed by atoms with van der Waals surface area (Å²) < 4.78 is 0.995. The predicted molar refractivity (Wildman–Crippen MR) is 64.5 cm³/mol. The topological polar surface area (TPSA) is 17.1 Å². The zero-order chi connectivity index (χ0) is 10.1. The first-order valence-corrected chi connectivity index (χ1v) is 6.56. The van der Waals surface area contributed by atoms with Crippen molar-refractivity contribution in [1.29, 1.82) is 0 Å². The zero-order valence-electron chi connectivity index (χ0n) is 7.41. The summed E-state index contributed by atoms with van der Waals surface area (Å²) in [6, 6.07) is 3.84. The number of ketones is 1. The number of aryl methyl sites for hydroxylation is 1. The van der Waals surface area contributed by atoms with Gasteiger partial charge in [-0.15, -0.1) is 22.7 Å². The minimum atomic E-state index is 0.124. The Morgan fingerprint density at radius 2 is 2.21 bits per heavy atom. The molecule has 2 heterocycles. The van der Waals surface area contributed by atoms with Gasteiger partial charge in [0.05, 0.1) is 8.66 Å². The Bertz CT molecular complexity index is 470. The Balaban J connectivity index is 2.38. The lowest BCUT2D eigenvalue weighted by molar-refractivity contribution is 0.104. The van der Waals surface area contributed by atoms with Gasteiger partial charge in [0.2, 0.25) is 5.78 Å². The molecule has 0 saturated carbocycles. The van der Waals surface area contributed by atoms with Gasteiger partial charge in [-0.3, -0.25) is 4.79 Å². The van der Waals surface area contributed by atoms with Crippen LogP contribution < -0.4 is 0 Å². The van der Waals surface area contributed by atoms with Crippen LogP contribution in [0, 0.1) is 6.92 Å². The van der Waals surface area contributed by atoms with Crippen molar-refractivity contribution in [2.45, 2.75) is 6.92 Å². The monoisotopic (exact) mass is 286 g/mol. The van der Waals surface area contributed by atoms with Gasteiger partial charge in [-0.1, -0.05) is 0 Å². The SMILES string of the molecule is Cc1ccsc1C(=O)c1csc(Br)c1. The summed E-state index contributed by atoms with van der Waals surface area (Å²) >= 11 is 6.39. The highest BCUT2D eigenvalue weighted by Crippen LogP contribution is 2.25. The van der Waals surface area contributed by atoms with E-state index >= 15 is 0 Å². The molecule has 0 spiro atoms.